The second-order valence-electron chi connectivity index (χ2n) is 10.3. The topological polar surface area (TPSA) is 79.7 Å². The van der Waals surface area contributed by atoms with Crippen molar-refractivity contribution in [1.29, 1.82) is 5.26 Å². The van der Waals surface area contributed by atoms with Crippen molar-refractivity contribution in [3.63, 3.8) is 0 Å². The van der Waals surface area contributed by atoms with Gasteiger partial charge in [0.2, 0.25) is 5.91 Å². The van der Waals surface area contributed by atoms with E-state index < -0.39 is 35.3 Å². The maximum Gasteiger partial charge on any atom is 0.417 e. The predicted molar refractivity (Wildman–Crippen MR) is 148 cm³/mol. The third-order valence-corrected chi connectivity index (χ3v) is 7.69. The van der Waals surface area contributed by atoms with Gasteiger partial charge in [0.15, 0.2) is 0 Å². The Morgan fingerprint density at radius 2 is 1.56 bits per heavy atom. The van der Waals surface area contributed by atoms with Crippen LogP contribution < -0.4 is 10.2 Å². The van der Waals surface area contributed by atoms with E-state index in [4.69, 9.17) is 0 Å². The molecule has 2 atom stereocenters. The van der Waals surface area contributed by atoms with E-state index in [0.29, 0.717) is 51.3 Å². The van der Waals surface area contributed by atoms with Crippen molar-refractivity contribution < 1.29 is 22.8 Å². The first kappa shape index (κ1) is 28.2. The van der Waals surface area contributed by atoms with Gasteiger partial charge in [-0.2, -0.15) is 18.4 Å². The van der Waals surface area contributed by atoms with Crippen molar-refractivity contribution in [1.82, 2.24) is 15.1 Å². The maximum absolute atomic E-state index is 13.8. The number of nitrogens with one attached hydrogen (secondary N) is 1. The summed E-state index contributed by atoms with van der Waals surface area (Å²) in [5.74, 6) is -0.873. The standard InChI is InChI=1S/C31H30F3N5O2/c32-31(33,34)26-12-6-5-11-25(26)29(40)36-24-18-28(39(21-24)20-22-8-2-1-3-9-22)30(41)38-16-14-37(15-17-38)27-13-7-4-10-23(27)19-35/h1-13,24,28H,14-18,20-21H2,(H,36,40)/t24-,28-/m0/s1. The minimum Gasteiger partial charge on any atom is -0.367 e. The molecule has 0 spiro atoms. The number of nitrogens with zero attached hydrogens (tertiary/aromatic N) is 4. The smallest absolute Gasteiger partial charge is 0.367 e. The number of likely N-dealkylation sites (tertiary alicyclic amines) is 1. The van der Waals surface area contributed by atoms with Gasteiger partial charge >= 0.3 is 6.18 Å². The van der Waals surface area contributed by atoms with Crippen molar-refractivity contribution >= 4 is 17.5 Å². The van der Waals surface area contributed by atoms with Crippen LogP contribution in [0.15, 0.2) is 78.9 Å². The second-order valence-corrected chi connectivity index (χ2v) is 10.3. The van der Waals surface area contributed by atoms with Crippen LogP contribution in [0.3, 0.4) is 0 Å². The molecule has 0 unspecified atom stereocenters. The Kier molecular flexibility index (Phi) is 8.26. The molecule has 2 aliphatic rings. The van der Waals surface area contributed by atoms with Crippen LogP contribution >= 0.6 is 0 Å². The third-order valence-electron chi connectivity index (χ3n) is 7.69. The largest absolute Gasteiger partial charge is 0.417 e. The van der Waals surface area contributed by atoms with Gasteiger partial charge in [-0.05, 0) is 36.2 Å². The molecule has 0 radical (unpaired) electrons. The fourth-order valence-electron chi connectivity index (χ4n) is 5.67. The monoisotopic (exact) mass is 561 g/mol. The molecule has 2 fully saturated rings. The van der Waals surface area contributed by atoms with Gasteiger partial charge in [0.25, 0.3) is 5.91 Å². The summed E-state index contributed by atoms with van der Waals surface area (Å²) >= 11 is 0. The van der Waals surface area contributed by atoms with E-state index in [1.165, 1.54) is 18.2 Å². The molecule has 3 aromatic rings. The Labute approximate surface area is 236 Å². The van der Waals surface area contributed by atoms with Gasteiger partial charge in [-0.1, -0.05) is 54.6 Å². The highest BCUT2D eigenvalue weighted by Gasteiger charge is 2.41. The average molecular weight is 562 g/mol. The summed E-state index contributed by atoms with van der Waals surface area (Å²) < 4.78 is 40.6. The molecule has 2 amide bonds. The fourth-order valence-corrected chi connectivity index (χ4v) is 5.67. The zero-order valence-corrected chi connectivity index (χ0v) is 22.3. The number of halogens is 3. The Morgan fingerprint density at radius 3 is 2.27 bits per heavy atom. The number of hydrogen-bond donors (Lipinski definition) is 1. The first-order valence-corrected chi connectivity index (χ1v) is 13.5. The number of amides is 2. The van der Waals surface area contributed by atoms with Crippen molar-refractivity contribution in [3.8, 4) is 6.07 Å². The van der Waals surface area contributed by atoms with Crippen molar-refractivity contribution in [2.24, 2.45) is 0 Å². The number of carbonyl (C=O) groups is 2. The first-order valence-electron chi connectivity index (χ1n) is 13.5. The van der Waals surface area contributed by atoms with Crippen LogP contribution in [-0.2, 0) is 17.5 Å². The van der Waals surface area contributed by atoms with Crippen LogP contribution in [0, 0.1) is 11.3 Å². The van der Waals surface area contributed by atoms with Crippen LogP contribution in [0.4, 0.5) is 18.9 Å². The molecule has 2 saturated heterocycles. The molecule has 0 aromatic heterocycles. The van der Waals surface area contributed by atoms with E-state index in [1.54, 1.807) is 11.0 Å². The summed E-state index contributed by atoms with van der Waals surface area (Å²) in [6.07, 6.45) is -4.36. The normalized spacial score (nSPS) is 19.6. The second kappa shape index (κ2) is 12.0. The van der Waals surface area contributed by atoms with Crippen LogP contribution in [0.25, 0.3) is 0 Å². The van der Waals surface area contributed by atoms with Gasteiger partial charge in [-0.25, -0.2) is 0 Å². The van der Waals surface area contributed by atoms with Crippen LogP contribution in [0.5, 0.6) is 0 Å². The van der Waals surface area contributed by atoms with Gasteiger partial charge in [0.1, 0.15) is 6.07 Å². The summed E-state index contributed by atoms with van der Waals surface area (Å²) in [4.78, 5) is 32.7. The lowest BCUT2D eigenvalue weighted by atomic mass is 10.1. The predicted octanol–water partition coefficient (Wildman–Crippen LogP) is 4.30. The van der Waals surface area contributed by atoms with E-state index >= 15 is 0 Å². The fraction of sp³-hybridized carbons (Fsp3) is 0.323. The van der Waals surface area contributed by atoms with E-state index in [1.807, 2.05) is 53.4 Å². The summed E-state index contributed by atoms with van der Waals surface area (Å²) in [6.45, 7) is 2.90. The first-order chi connectivity index (χ1) is 19.7. The highest BCUT2D eigenvalue weighted by molar-refractivity contribution is 5.96. The summed E-state index contributed by atoms with van der Waals surface area (Å²) in [6, 6.07) is 22.9. The highest BCUT2D eigenvalue weighted by atomic mass is 19.4. The Bertz CT molecular complexity index is 1430. The van der Waals surface area contributed by atoms with E-state index in [9.17, 15) is 28.0 Å². The molecular weight excluding hydrogens is 531 g/mol. The molecule has 1 N–H and O–H groups in total. The quantitative estimate of drug-likeness (QED) is 0.486. The van der Waals surface area contributed by atoms with E-state index in [0.717, 1.165) is 17.3 Å². The van der Waals surface area contributed by atoms with Gasteiger partial charge in [-0.15, -0.1) is 0 Å². The lowest BCUT2D eigenvalue weighted by Crippen LogP contribution is -2.53. The zero-order valence-electron chi connectivity index (χ0n) is 22.3. The van der Waals surface area contributed by atoms with Crippen molar-refractivity contribution in [2.75, 3.05) is 37.6 Å². The lowest BCUT2D eigenvalue weighted by molar-refractivity contribution is -0.138. The molecule has 0 saturated carbocycles. The number of carbonyl (C=O) groups excluding carboxylic acids is 2. The molecule has 2 aliphatic heterocycles. The minimum absolute atomic E-state index is 0.0680. The molecule has 7 nitrogen and oxygen atoms in total. The summed E-state index contributed by atoms with van der Waals surface area (Å²) in [5.41, 5.74) is 1.01. The number of anilines is 1. The van der Waals surface area contributed by atoms with E-state index in [-0.39, 0.29) is 5.91 Å². The number of benzene rings is 3. The summed E-state index contributed by atoms with van der Waals surface area (Å²) in [7, 11) is 0. The minimum atomic E-state index is -4.66. The third kappa shape index (κ3) is 6.36. The van der Waals surface area contributed by atoms with Crippen LogP contribution in [-0.4, -0.2) is 66.4 Å². The van der Waals surface area contributed by atoms with Crippen molar-refractivity contribution in [2.45, 2.75) is 31.2 Å². The number of hydrogen-bond acceptors (Lipinski definition) is 5. The van der Waals surface area contributed by atoms with Crippen molar-refractivity contribution in [3.05, 3.63) is 101 Å². The lowest BCUT2D eigenvalue weighted by Gasteiger charge is -2.38. The molecule has 0 bridgehead atoms. The molecular formula is C31H30F3N5O2. The SMILES string of the molecule is N#Cc1ccccc1N1CCN(C(=O)[C@@H]2C[C@H](NC(=O)c3ccccc3C(F)(F)F)CN2Cc2ccccc2)CC1. The highest BCUT2D eigenvalue weighted by Crippen LogP contribution is 2.32. The summed E-state index contributed by atoms with van der Waals surface area (Å²) in [5, 5.41) is 12.2. The van der Waals surface area contributed by atoms with Gasteiger partial charge < -0.3 is 15.1 Å². The Balaban J connectivity index is 1.30. The molecule has 2 heterocycles. The maximum atomic E-state index is 13.8. The van der Waals surface area contributed by atoms with Gasteiger partial charge in [0.05, 0.1) is 28.4 Å². The molecule has 0 aliphatic carbocycles. The van der Waals surface area contributed by atoms with Crippen LogP contribution in [0.2, 0.25) is 0 Å². The molecule has 41 heavy (non-hydrogen) atoms. The molecule has 3 aromatic carbocycles. The molecule has 5 rings (SSSR count). The molecule has 212 valence electrons. The number of para-hydroxylation sites is 1. The Morgan fingerprint density at radius 1 is 0.902 bits per heavy atom. The Hall–Kier alpha value is -4.36. The average Bonchev–Trinajstić information content (AvgIpc) is 3.38. The number of rotatable bonds is 6. The number of alkyl halides is 3. The van der Waals surface area contributed by atoms with Crippen LogP contribution in [0.1, 0.15) is 33.5 Å². The zero-order chi connectivity index (χ0) is 29.0. The van der Waals surface area contributed by atoms with Gasteiger partial charge in [0, 0.05) is 45.3 Å². The number of nitriles is 1. The van der Waals surface area contributed by atoms with E-state index in [2.05, 4.69) is 16.3 Å². The number of piperazine rings is 1. The van der Waals surface area contributed by atoms with Gasteiger partial charge in [-0.3, -0.25) is 14.5 Å². The molecule has 10 heteroatoms.